The first-order valence-electron chi connectivity index (χ1n) is 3.89. The smallest absolute Gasteiger partial charge is 0.103 e. The fraction of sp³-hybridized carbons (Fsp3) is 1.00. The molecule has 0 aromatic carbocycles. The summed E-state index contributed by atoms with van der Waals surface area (Å²) in [7, 11) is 0. The lowest BCUT2D eigenvalue weighted by molar-refractivity contribution is 0.154. The van der Waals surface area contributed by atoms with Crippen LogP contribution in [0.1, 0.15) is 12.8 Å². The van der Waals surface area contributed by atoms with Crippen LogP contribution in [0.5, 0.6) is 0 Å². The summed E-state index contributed by atoms with van der Waals surface area (Å²) in [5.41, 5.74) is 5.36. The number of nitrogens with zero attached hydrogens (tertiary/aromatic N) is 1. The lowest BCUT2D eigenvalue weighted by Gasteiger charge is -2.27. The van der Waals surface area contributed by atoms with Crippen LogP contribution in [0.4, 0.5) is 4.39 Å². The lowest BCUT2D eigenvalue weighted by Crippen LogP contribution is -2.37. The summed E-state index contributed by atoms with van der Waals surface area (Å²) in [4.78, 5) is 2.22. The Bertz CT molecular complexity index is 89.6. The maximum absolute atomic E-state index is 12.5. The Morgan fingerprint density at radius 3 is 2.50 bits per heavy atom. The van der Waals surface area contributed by atoms with Crippen LogP contribution in [0.2, 0.25) is 0 Å². The first-order chi connectivity index (χ1) is 4.83. The Morgan fingerprint density at radius 1 is 1.40 bits per heavy atom. The average Bonchev–Trinajstić information content (AvgIpc) is 1.95. The standard InChI is InChI=1S/C7H15FN2/c8-7-1-4-10(5-2-7)6-3-9/h7H,1-6,9H2. The van der Waals surface area contributed by atoms with Gasteiger partial charge in [-0.1, -0.05) is 0 Å². The van der Waals surface area contributed by atoms with Gasteiger partial charge in [-0.15, -0.1) is 0 Å². The molecule has 0 unspecified atom stereocenters. The molecule has 0 aromatic rings. The number of likely N-dealkylation sites (tertiary alicyclic amines) is 1. The van der Waals surface area contributed by atoms with E-state index in [9.17, 15) is 4.39 Å². The van der Waals surface area contributed by atoms with Gasteiger partial charge < -0.3 is 10.6 Å². The molecule has 10 heavy (non-hydrogen) atoms. The lowest BCUT2D eigenvalue weighted by atomic mass is 10.1. The van der Waals surface area contributed by atoms with E-state index in [4.69, 9.17) is 5.73 Å². The highest BCUT2D eigenvalue weighted by molar-refractivity contribution is 4.70. The summed E-state index contributed by atoms with van der Waals surface area (Å²) < 4.78 is 12.5. The molecule has 1 aliphatic rings. The van der Waals surface area contributed by atoms with Crippen LogP contribution < -0.4 is 5.73 Å². The van der Waals surface area contributed by atoms with Crippen molar-refractivity contribution in [3.05, 3.63) is 0 Å². The molecule has 0 radical (unpaired) electrons. The van der Waals surface area contributed by atoms with E-state index in [1.54, 1.807) is 0 Å². The van der Waals surface area contributed by atoms with E-state index >= 15 is 0 Å². The molecule has 60 valence electrons. The number of halogens is 1. The largest absolute Gasteiger partial charge is 0.329 e. The first-order valence-corrected chi connectivity index (χ1v) is 3.89. The number of nitrogens with two attached hydrogens (primary N) is 1. The van der Waals surface area contributed by atoms with E-state index in [2.05, 4.69) is 4.90 Å². The maximum atomic E-state index is 12.5. The molecule has 0 atom stereocenters. The number of hydrogen-bond acceptors (Lipinski definition) is 2. The van der Waals surface area contributed by atoms with Crippen LogP contribution in [0, 0.1) is 0 Å². The van der Waals surface area contributed by atoms with Crippen LogP contribution in [0.25, 0.3) is 0 Å². The summed E-state index contributed by atoms with van der Waals surface area (Å²) in [6, 6.07) is 0. The maximum Gasteiger partial charge on any atom is 0.103 e. The summed E-state index contributed by atoms with van der Waals surface area (Å²) >= 11 is 0. The van der Waals surface area contributed by atoms with Gasteiger partial charge in [0.25, 0.3) is 0 Å². The minimum atomic E-state index is -0.561. The molecular weight excluding hydrogens is 131 g/mol. The third-order valence-corrected chi connectivity index (χ3v) is 1.96. The quantitative estimate of drug-likeness (QED) is 0.610. The van der Waals surface area contributed by atoms with Crippen LogP contribution in [0.15, 0.2) is 0 Å². The number of piperidine rings is 1. The second kappa shape index (κ2) is 3.88. The number of hydrogen-bond donors (Lipinski definition) is 1. The van der Waals surface area contributed by atoms with Gasteiger partial charge >= 0.3 is 0 Å². The minimum Gasteiger partial charge on any atom is -0.329 e. The molecule has 3 heteroatoms. The van der Waals surface area contributed by atoms with Gasteiger partial charge in [0.1, 0.15) is 6.17 Å². The van der Waals surface area contributed by atoms with Crippen molar-refractivity contribution in [1.29, 1.82) is 0 Å². The fourth-order valence-corrected chi connectivity index (χ4v) is 1.31. The predicted molar refractivity (Wildman–Crippen MR) is 39.6 cm³/mol. The fourth-order valence-electron chi connectivity index (χ4n) is 1.31. The Labute approximate surface area is 61.2 Å². The zero-order valence-corrected chi connectivity index (χ0v) is 6.22. The van der Waals surface area contributed by atoms with Crippen molar-refractivity contribution in [1.82, 2.24) is 4.90 Å². The Kier molecular flexibility index (Phi) is 3.09. The van der Waals surface area contributed by atoms with Gasteiger partial charge in [-0.2, -0.15) is 0 Å². The molecule has 0 aromatic heterocycles. The van der Waals surface area contributed by atoms with E-state index in [0.717, 1.165) is 19.6 Å². The highest BCUT2D eigenvalue weighted by Crippen LogP contribution is 2.11. The Balaban J connectivity index is 2.13. The Hall–Kier alpha value is -0.150. The van der Waals surface area contributed by atoms with Gasteiger partial charge in [-0.3, -0.25) is 0 Å². The molecule has 1 saturated heterocycles. The zero-order chi connectivity index (χ0) is 7.40. The van der Waals surface area contributed by atoms with E-state index in [1.807, 2.05) is 0 Å². The van der Waals surface area contributed by atoms with Gasteiger partial charge in [0.15, 0.2) is 0 Å². The van der Waals surface area contributed by atoms with Crippen molar-refractivity contribution in [2.45, 2.75) is 19.0 Å². The second-order valence-electron chi connectivity index (χ2n) is 2.80. The van der Waals surface area contributed by atoms with Gasteiger partial charge in [0, 0.05) is 26.2 Å². The molecule has 0 bridgehead atoms. The summed E-state index contributed by atoms with van der Waals surface area (Å²) in [5.74, 6) is 0. The third-order valence-electron chi connectivity index (χ3n) is 1.96. The Morgan fingerprint density at radius 2 is 2.00 bits per heavy atom. The highest BCUT2D eigenvalue weighted by Gasteiger charge is 2.16. The summed E-state index contributed by atoms with van der Waals surface area (Å²) in [6.07, 6.45) is 0.828. The minimum absolute atomic E-state index is 0.561. The van der Waals surface area contributed by atoms with Crippen molar-refractivity contribution >= 4 is 0 Å². The van der Waals surface area contributed by atoms with Gasteiger partial charge in [-0.25, -0.2) is 4.39 Å². The normalized spacial score (nSPS) is 23.4. The molecule has 1 aliphatic heterocycles. The third kappa shape index (κ3) is 2.23. The average molecular weight is 146 g/mol. The molecule has 1 fully saturated rings. The van der Waals surface area contributed by atoms with Crippen LogP contribution in [-0.4, -0.2) is 37.3 Å². The van der Waals surface area contributed by atoms with Crippen molar-refractivity contribution in [2.75, 3.05) is 26.2 Å². The van der Waals surface area contributed by atoms with Gasteiger partial charge in [0.2, 0.25) is 0 Å². The van der Waals surface area contributed by atoms with E-state index in [0.29, 0.717) is 19.4 Å². The van der Waals surface area contributed by atoms with Gasteiger partial charge in [0.05, 0.1) is 0 Å². The molecule has 1 heterocycles. The van der Waals surface area contributed by atoms with Crippen molar-refractivity contribution < 1.29 is 4.39 Å². The molecule has 1 rings (SSSR count). The van der Waals surface area contributed by atoms with Crippen LogP contribution in [-0.2, 0) is 0 Å². The van der Waals surface area contributed by atoms with E-state index in [-0.39, 0.29) is 0 Å². The molecule has 0 saturated carbocycles. The van der Waals surface area contributed by atoms with Crippen molar-refractivity contribution in [3.63, 3.8) is 0 Å². The van der Waals surface area contributed by atoms with E-state index in [1.165, 1.54) is 0 Å². The zero-order valence-electron chi connectivity index (χ0n) is 6.22. The second-order valence-corrected chi connectivity index (χ2v) is 2.80. The summed E-state index contributed by atoms with van der Waals surface area (Å²) in [5, 5.41) is 0. The van der Waals surface area contributed by atoms with Crippen LogP contribution in [0.3, 0.4) is 0 Å². The first kappa shape index (κ1) is 7.95. The summed E-state index contributed by atoms with van der Waals surface area (Å²) in [6.45, 7) is 3.39. The molecule has 0 spiro atoms. The monoisotopic (exact) mass is 146 g/mol. The van der Waals surface area contributed by atoms with E-state index < -0.39 is 6.17 Å². The predicted octanol–water partition coefficient (Wildman–Crippen LogP) is 0.379. The molecule has 0 amide bonds. The number of rotatable bonds is 2. The molecule has 2 nitrogen and oxygen atoms in total. The van der Waals surface area contributed by atoms with Crippen molar-refractivity contribution in [3.8, 4) is 0 Å². The topological polar surface area (TPSA) is 29.3 Å². The SMILES string of the molecule is NCCN1CCC(F)CC1. The van der Waals surface area contributed by atoms with Gasteiger partial charge in [-0.05, 0) is 12.8 Å². The molecule has 0 aliphatic carbocycles. The molecule has 2 N–H and O–H groups in total. The van der Waals surface area contributed by atoms with Crippen LogP contribution >= 0.6 is 0 Å². The number of alkyl halides is 1. The molecular formula is C7H15FN2. The van der Waals surface area contributed by atoms with Crippen molar-refractivity contribution in [2.24, 2.45) is 5.73 Å². The highest BCUT2D eigenvalue weighted by atomic mass is 19.1.